The van der Waals surface area contributed by atoms with Crippen LogP contribution in [0.5, 0.6) is 11.5 Å². The molecule has 0 aromatic heterocycles. The van der Waals surface area contributed by atoms with E-state index < -0.39 is 0 Å². The molecule has 3 heteroatoms. The van der Waals surface area contributed by atoms with Crippen LogP contribution >= 0.6 is 0 Å². The van der Waals surface area contributed by atoms with E-state index in [1.165, 1.54) is 11.3 Å². The fourth-order valence-electron chi connectivity index (χ4n) is 2.28. The summed E-state index contributed by atoms with van der Waals surface area (Å²) in [7, 11) is 2.06. The molecule has 21 heavy (non-hydrogen) atoms. The molecule has 112 valence electrons. The molecule has 0 saturated carbocycles. The van der Waals surface area contributed by atoms with Crippen LogP contribution < -0.4 is 9.64 Å². The first-order valence-electron chi connectivity index (χ1n) is 7.38. The number of anilines is 1. The lowest BCUT2D eigenvalue weighted by Gasteiger charge is -2.20. The SMILES string of the molecule is CCOc1cc(CN(C)c2ccc(CC)cc2)ccc1O. The summed E-state index contributed by atoms with van der Waals surface area (Å²) in [5.41, 5.74) is 3.63. The normalized spacial score (nSPS) is 10.4. The van der Waals surface area contributed by atoms with Crippen molar-refractivity contribution in [3.8, 4) is 11.5 Å². The van der Waals surface area contributed by atoms with Gasteiger partial charge in [-0.3, -0.25) is 0 Å². The second kappa shape index (κ2) is 7.02. The van der Waals surface area contributed by atoms with Crippen molar-refractivity contribution in [1.29, 1.82) is 0 Å². The van der Waals surface area contributed by atoms with Crippen molar-refractivity contribution in [2.75, 3.05) is 18.6 Å². The fraction of sp³-hybridized carbons (Fsp3) is 0.333. The third kappa shape index (κ3) is 3.91. The first-order chi connectivity index (χ1) is 10.1. The molecule has 2 rings (SSSR count). The highest BCUT2D eigenvalue weighted by molar-refractivity contribution is 5.49. The highest BCUT2D eigenvalue weighted by Crippen LogP contribution is 2.28. The number of benzene rings is 2. The third-order valence-corrected chi connectivity index (χ3v) is 3.53. The topological polar surface area (TPSA) is 32.7 Å². The summed E-state index contributed by atoms with van der Waals surface area (Å²) in [6, 6.07) is 14.1. The van der Waals surface area contributed by atoms with Crippen molar-refractivity contribution >= 4 is 5.69 Å². The summed E-state index contributed by atoms with van der Waals surface area (Å²) < 4.78 is 5.43. The van der Waals surface area contributed by atoms with Crippen molar-refractivity contribution < 1.29 is 9.84 Å². The van der Waals surface area contributed by atoms with Gasteiger partial charge >= 0.3 is 0 Å². The van der Waals surface area contributed by atoms with Gasteiger partial charge in [0.2, 0.25) is 0 Å². The molecule has 0 heterocycles. The number of rotatable bonds is 6. The Morgan fingerprint density at radius 3 is 2.29 bits per heavy atom. The molecule has 1 N–H and O–H groups in total. The summed E-state index contributed by atoms with van der Waals surface area (Å²) in [4.78, 5) is 2.18. The van der Waals surface area contributed by atoms with Crippen LogP contribution in [0.1, 0.15) is 25.0 Å². The zero-order valence-electron chi connectivity index (χ0n) is 13.0. The zero-order chi connectivity index (χ0) is 15.2. The van der Waals surface area contributed by atoms with Gasteiger partial charge < -0.3 is 14.7 Å². The van der Waals surface area contributed by atoms with Gasteiger partial charge in [-0.15, -0.1) is 0 Å². The molecular formula is C18H23NO2. The first-order valence-corrected chi connectivity index (χ1v) is 7.38. The Kier molecular flexibility index (Phi) is 5.09. The van der Waals surface area contributed by atoms with Gasteiger partial charge in [-0.2, -0.15) is 0 Å². The minimum Gasteiger partial charge on any atom is -0.504 e. The monoisotopic (exact) mass is 285 g/mol. The second-order valence-electron chi connectivity index (χ2n) is 5.11. The van der Waals surface area contributed by atoms with Crippen molar-refractivity contribution in [2.45, 2.75) is 26.8 Å². The van der Waals surface area contributed by atoms with E-state index in [0.29, 0.717) is 12.4 Å². The first kappa shape index (κ1) is 15.2. The molecule has 0 aliphatic rings. The predicted molar refractivity (Wildman–Crippen MR) is 87.2 cm³/mol. The summed E-state index contributed by atoms with van der Waals surface area (Å²) in [6.45, 7) is 5.38. The van der Waals surface area contributed by atoms with E-state index in [1.54, 1.807) is 6.07 Å². The van der Waals surface area contributed by atoms with E-state index in [2.05, 4.69) is 43.1 Å². The number of phenolic OH excluding ortho intramolecular Hbond substituents is 1. The van der Waals surface area contributed by atoms with E-state index in [9.17, 15) is 5.11 Å². The van der Waals surface area contributed by atoms with Gasteiger partial charge in [-0.1, -0.05) is 25.1 Å². The predicted octanol–water partition coefficient (Wildman–Crippen LogP) is 3.99. The maximum Gasteiger partial charge on any atom is 0.161 e. The average Bonchev–Trinajstić information content (AvgIpc) is 2.51. The van der Waals surface area contributed by atoms with E-state index in [0.717, 1.165) is 18.5 Å². The summed E-state index contributed by atoms with van der Waals surface area (Å²) in [5, 5.41) is 9.74. The summed E-state index contributed by atoms with van der Waals surface area (Å²) >= 11 is 0. The molecule has 0 aliphatic carbocycles. The van der Waals surface area contributed by atoms with Gasteiger partial charge in [0, 0.05) is 19.3 Å². The van der Waals surface area contributed by atoms with Gasteiger partial charge in [-0.05, 0) is 48.7 Å². The number of aromatic hydroxyl groups is 1. The second-order valence-corrected chi connectivity index (χ2v) is 5.11. The van der Waals surface area contributed by atoms with Gasteiger partial charge in [0.15, 0.2) is 11.5 Å². The molecule has 0 unspecified atom stereocenters. The van der Waals surface area contributed by atoms with Gasteiger partial charge in [-0.25, -0.2) is 0 Å². The largest absolute Gasteiger partial charge is 0.504 e. The number of ether oxygens (including phenoxy) is 1. The smallest absolute Gasteiger partial charge is 0.161 e. The molecular weight excluding hydrogens is 262 g/mol. The van der Waals surface area contributed by atoms with Gasteiger partial charge in [0.25, 0.3) is 0 Å². The Bertz CT molecular complexity index is 578. The molecule has 0 atom stereocenters. The van der Waals surface area contributed by atoms with E-state index in [1.807, 2.05) is 19.1 Å². The van der Waals surface area contributed by atoms with Gasteiger partial charge in [0.1, 0.15) is 0 Å². The van der Waals surface area contributed by atoms with Crippen LogP contribution in [0.2, 0.25) is 0 Å². The van der Waals surface area contributed by atoms with Crippen LogP contribution in [0.25, 0.3) is 0 Å². The van der Waals surface area contributed by atoms with Crippen LogP contribution in [-0.2, 0) is 13.0 Å². The zero-order valence-corrected chi connectivity index (χ0v) is 13.0. The number of phenols is 1. The van der Waals surface area contributed by atoms with Crippen LogP contribution in [0.4, 0.5) is 5.69 Å². The van der Waals surface area contributed by atoms with Crippen molar-refractivity contribution in [2.24, 2.45) is 0 Å². The molecule has 0 bridgehead atoms. The van der Waals surface area contributed by atoms with E-state index >= 15 is 0 Å². The Labute approximate surface area is 126 Å². The Balaban J connectivity index is 2.11. The van der Waals surface area contributed by atoms with Crippen LogP contribution in [-0.4, -0.2) is 18.8 Å². The number of nitrogens with zero attached hydrogens (tertiary/aromatic N) is 1. The van der Waals surface area contributed by atoms with E-state index in [-0.39, 0.29) is 5.75 Å². The number of aryl methyl sites for hydroxylation is 1. The highest BCUT2D eigenvalue weighted by Gasteiger charge is 2.06. The standard InChI is InChI=1S/C18H23NO2/c1-4-14-6-9-16(10-7-14)19(3)13-15-8-11-17(20)18(12-15)21-5-2/h6-12,20H,4-5,13H2,1-3H3. The number of hydrogen-bond donors (Lipinski definition) is 1. The molecule has 0 saturated heterocycles. The fourth-order valence-corrected chi connectivity index (χ4v) is 2.28. The Hall–Kier alpha value is -2.16. The van der Waals surface area contributed by atoms with Crippen LogP contribution in [0.3, 0.4) is 0 Å². The molecule has 0 aliphatic heterocycles. The molecule has 2 aromatic rings. The van der Waals surface area contributed by atoms with Crippen molar-refractivity contribution in [3.05, 3.63) is 53.6 Å². The maximum absolute atomic E-state index is 9.74. The van der Waals surface area contributed by atoms with Crippen molar-refractivity contribution in [3.63, 3.8) is 0 Å². The lowest BCUT2D eigenvalue weighted by atomic mass is 10.1. The van der Waals surface area contributed by atoms with Crippen LogP contribution in [0.15, 0.2) is 42.5 Å². The minimum absolute atomic E-state index is 0.190. The van der Waals surface area contributed by atoms with Gasteiger partial charge in [0.05, 0.1) is 6.61 Å². The molecule has 3 nitrogen and oxygen atoms in total. The third-order valence-electron chi connectivity index (χ3n) is 3.53. The lowest BCUT2D eigenvalue weighted by Crippen LogP contribution is -2.16. The highest BCUT2D eigenvalue weighted by atomic mass is 16.5. The Morgan fingerprint density at radius 2 is 1.67 bits per heavy atom. The average molecular weight is 285 g/mol. The van der Waals surface area contributed by atoms with Crippen LogP contribution in [0, 0.1) is 0 Å². The van der Waals surface area contributed by atoms with Crippen molar-refractivity contribution in [1.82, 2.24) is 0 Å². The Morgan fingerprint density at radius 1 is 1.00 bits per heavy atom. The summed E-state index contributed by atoms with van der Waals surface area (Å²) in [5.74, 6) is 0.736. The minimum atomic E-state index is 0.190. The molecule has 2 aromatic carbocycles. The summed E-state index contributed by atoms with van der Waals surface area (Å²) in [6.07, 6.45) is 1.06. The molecule has 0 spiro atoms. The quantitative estimate of drug-likeness (QED) is 0.871. The molecule has 0 radical (unpaired) electrons. The molecule has 0 amide bonds. The number of hydrogen-bond acceptors (Lipinski definition) is 3. The lowest BCUT2D eigenvalue weighted by molar-refractivity contribution is 0.318. The van der Waals surface area contributed by atoms with E-state index in [4.69, 9.17) is 4.74 Å². The molecule has 0 fully saturated rings. The maximum atomic E-state index is 9.74.